The second kappa shape index (κ2) is 16.6. The summed E-state index contributed by atoms with van der Waals surface area (Å²) < 4.78 is 5.66. The number of carbonyl (C=O) groups is 1. The second-order valence-electron chi connectivity index (χ2n) is 8.73. The molecule has 0 bridgehead atoms. The summed E-state index contributed by atoms with van der Waals surface area (Å²) in [7, 11) is 0. The van der Waals surface area contributed by atoms with Crippen LogP contribution in [0.5, 0.6) is 5.75 Å². The molecule has 0 aliphatic rings. The Balaban J connectivity index is 1.62. The quantitative estimate of drug-likeness (QED) is 0.144. The Morgan fingerprint density at radius 1 is 0.645 bits per heavy atom. The van der Waals surface area contributed by atoms with Crippen molar-refractivity contribution in [2.45, 2.75) is 103 Å². The molecule has 0 radical (unpaired) electrons. The van der Waals surface area contributed by atoms with Gasteiger partial charge in [0.15, 0.2) is 0 Å². The molecule has 2 nitrogen and oxygen atoms in total. The molecule has 0 N–H and O–H groups in total. The van der Waals surface area contributed by atoms with Crippen LogP contribution in [0.2, 0.25) is 0 Å². The van der Waals surface area contributed by atoms with Crippen LogP contribution in [0, 0.1) is 0 Å². The Hall–Kier alpha value is -2.09. The SMILES string of the molecule is CCCCCCCCCCCCCCCC(C(=O)Oc1ccccc1)c1ccccc1. The highest BCUT2D eigenvalue weighted by atomic mass is 16.5. The van der Waals surface area contributed by atoms with Crippen molar-refractivity contribution in [1.29, 1.82) is 0 Å². The largest absolute Gasteiger partial charge is 0.426 e. The summed E-state index contributed by atoms with van der Waals surface area (Å²) in [6.07, 6.45) is 18.2. The fourth-order valence-electron chi connectivity index (χ4n) is 4.15. The van der Waals surface area contributed by atoms with Crippen molar-refractivity contribution in [3.8, 4) is 5.75 Å². The van der Waals surface area contributed by atoms with E-state index in [1.165, 1.54) is 77.0 Å². The lowest BCUT2D eigenvalue weighted by Gasteiger charge is -2.16. The monoisotopic (exact) mass is 422 g/mol. The zero-order valence-corrected chi connectivity index (χ0v) is 19.6. The second-order valence-corrected chi connectivity index (χ2v) is 8.73. The molecule has 2 rings (SSSR count). The molecule has 0 saturated heterocycles. The molecule has 0 aromatic heterocycles. The number of carbonyl (C=O) groups excluding carboxylic acids is 1. The smallest absolute Gasteiger partial charge is 0.318 e. The highest BCUT2D eigenvalue weighted by molar-refractivity contribution is 5.80. The average molecular weight is 423 g/mol. The lowest BCUT2D eigenvalue weighted by Crippen LogP contribution is -2.19. The van der Waals surface area contributed by atoms with Crippen molar-refractivity contribution >= 4 is 5.97 Å². The first-order chi connectivity index (χ1) is 15.3. The molecule has 0 saturated carbocycles. The van der Waals surface area contributed by atoms with Crippen molar-refractivity contribution < 1.29 is 9.53 Å². The number of esters is 1. The van der Waals surface area contributed by atoms with Crippen LogP contribution in [-0.4, -0.2) is 5.97 Å². The maximum absolute atomic E-state index is 12.8. The summed E-state index contributed by atoms with van der Waals surface area (Å²) in [5.74, 6) is 0.296. The normalized spacial score (nSPS) is 11.9. The number of ether oxygens (including phenoxy) is 1. The van der Waals surface area contributed by atoms with Crippen molar-refractivity contribution in [2.75, 3.05) is 0 Å². The Bertz CT molecular complexity index is 680. The minimum absolute atomic E-state index is 0.142. The molecule has 1 atom stereocenters. The molecular weight excluding hydrogens is 380 g/mol. The summed E-state index contributed by atoms with van der Waals surface area (Å²) in [6.45, 7) is 2.28. The zero-order chi connectivity index (χ0) is 22.0. The number of hydrogen-bond donors (Lipinski definition) is 0. The minimum atomic E-state index is -0.186. The highest BCUT2D eigenvalue weighted by Gasteiger charge is 2.22. The molecule has 1 unspecified atom stereocenters. The molecule has 2 heteroatoms. The molecule has 2 aromatic carbocycles. The molecule has 2 aromatic rings. The topological polar surface area (TPSA) is 26.3 Å². The van der Waals surface area contributed by atoms with Crippen LogP contribution in [-0.2, 0) is 4.79 Å². The van der Waals surface area contributed by atoms with Gasteiger partial charge in [0, 0.05) is 0 Å². The van der Waals surface area contributed by atoms with E-state index in [0.29, 0.717) is 5.75 Å². The van der Waals surface area contributed by atoms with Crippen LogP contribution < -0.4 is 4.74 Å². The first-order valence-electron chi connectivity index (χ1n) is 12.6. The van der Waals surface area contributed by atoms with Crippen molar-refractivity contribution in [2.24, 2.45) is 0 Å². The molecule has 0 spiro atoms. The summed E-state index contributed by atoms with van der Waals surface area (Å²) >= 11 is 0. The fraction of sp³-hybridized carbons (Fsp3) is 0.552. The van der Waals surface area contributed by atoms with Gasteiger partial charge in [-0.15, -0.1) is 0 Å². The molecule has 0 amide bonds. The number of rotatable bonds is 17. The van der Waals surface area contributed by atoms with E-state index >= 15 is 0 Å². The molecule has 170 valence electrons. The van der Waals surface area contributed by atoms with E-state index in [4.69, 9.17) is 4.74 Å². The Kier molecular flexibility index (Phi) is 13.5. The van der Waals surface area contributed by atoms with Crippen LogP contribution in [0.3, 0.4) is 0 Å². The van der Waals surface area contributed by atoms with Crippen LogP contribution in [0.25, 0.3) is 0 Å². The molecule has 0 aliphatic carbocycles. The van der Waals surface area contributed by atoms with Crippen LogP contribution in [0.1, 0.15) is 108 Å². The standard InChI is InChI=1S/C29H42O2/c1-2-3-4-5-6-7-8-9-10-11-12-13-20-25-28(26-21-16-14-17-22-26)29(30)31-27-23-18-15-19-24-27/h14-19,21-24,28H,2-13,20,25H2,1H3. The van der Waals surface area contributed by atoms with Crippen molar-refractivity contribution in [3.63, 3.8) is 0 Å². The fourth-order valence-corrected chi connectivity index (χ4v) is 4.15. The number of hydrogen-bond acceptors (Lipinski definition) is 2. The summed E-state index contributed by atoms with van der Waals surface area (Å²) in [4.78, 5) is 12.8. The maximum atomic E-state index is 12.8. The van der Waals surface area contributed by atoms with Gasteiger partial charge in [0.05, 0.1) is 5.92 Å². The first kappa shape index (κ1) is 25.2. The highest BCUT2D eigenvalue weighted by Crippen LogP contribution is 2.26. The zero-order valence-electron chi connectivity index (χ0n) is 19.6. The molecule has 31 heavy (non-hydrogen) atoms. The molecule has 0 heterocycles. The van der Waals surface area contributed by atoms with E-state index in [-0.39, 0.29) is 11.9 Å². The van der Waals surface area contributed by atoms with Gasteiger partial charge in [-0.1, -0.05) is 139 Å². The van der Waals surface area contributed by atoms with E-state index in [0.717, 1.165) is 18.4 Å². The predicted octanol–water partition coefficient (Wildman–Crippen LogP) is 8.86. The van der Waals surface area contributed by atoms with Gasteiger partial charge in [-0.05, 0) is 24.1 Å². The third-order valence-electron chi connectivity index (χ3n) is 6.04. The van der Waals surface area contributed by atoms with Gasteiger partial charge in [-0.3, -0.25) is 4.79 Å². The predicted molar refractivity (Wildman–Crippen MR) is 132 cm³/mol. The maximum Gasteiger partial charge on any atom is 0.318 e. The first-order valence-corrected chi connectivity index (χ1v) is 12.6. The molecule has 0 fully saturated rings. The van der Waals surface area contributed by atoms with Gasteiger partial charge in [0.25, 0.3) is 0 Å². The van der Waals surface area contributed by atoms with Gasteiger partial charge in [-0.25, -0.2) is 0 Å². The summed E-state index contributed by atoms with van der Waals surface area (Å²) in [5, 5.41) is 0. The van der Waals surface area contributed by atoms with E-state index < -0.39 is 0 Å². The molecule has 0 aliphatic heterocycles. The summed E-state index contributed by atoms with van der Waals surface area (Å²) in [6, 6.07) is 19.5. The minimum Gasteiger partial charge on any atom is -0.426 e. The lowest BCUT2D eigenvalue weighted by molar-refractivity contribution is -0.136. The third-order valence-corrected chi connectivity index (χ3v) is 6.04. The van der Waals surface area contributed by atoms with Crippen LogP contribution >= 0.6 is 0 Å². The third kappa shape index (κ3) is 11.2. The van der Waals surface area contributed by atoms with Crippen LogP contribution in [0.15, 0.2) is 60.7 Å². The van der Waals surface area contributed by atoms with Gasteiger partial charge >= 0.3 is 5.97 Å². The Labute approximate surface area is 190 Å². The van der Waals surface area contributed by atoms with Gasteiger partial charge in [0.2, 0.25) is 0 Å². The van der Waals surface area contributed by atoms with Crippen molar-refractivity contribution in [1.82, 2.24) is 0 Å². The van der Waals surface area contributed by atoms with Gasteiger partial charge in [-0.2, -0.15) is 0 Å². The number of benzene rings is 2. The van der Waals surface area contributed by atoms with Gasteiger partial charge < -0.3 is 4.74 Å². The van der Waals surface area contributed by atoms with E-state index in [2.05, 4.69) is 6.92 Å². The Morgan fingerprint density at radius 2 is 1.10 bits per heavy atom. The summed E-state index contributed by atoms with van der Waals surface area (Å²) in [5.41, 5.74) is 1.06. The number of unbranched alkanes of at least 4 members (excludes halogenated alkanes) is 12. The van der Waals surface area contributed by atoms with E-state index in [1.54, 1.807) is 0 Å². The molecular formula is C29H42O2. The number of para-hydroxylation sites is 1. The Morgan fingerprint density at radius 3 is 1.61 bits per heavy atom. The van der Waals surface area contributed by atoms with E-state index in [9.17, 15) is 4.79 Å². The van der Waals surface area contributed by atoms with Crippen LogP contribution in [0.4, 0.5) is 0 Å². The lowest BCUT2D eigenvalue weighted by atomic mass is 9.93. The van der Waals surface area contributed by atoms with E-state index in [1.807, 2.05) is 60.7 Å². The van der Waals surface area contributed by atoms with Crippen molar-refractivity contribution in [3.05, 3.63) is 66.2 Å². The van der Waals surface area contributed by atoms with Gasteiger partial charge in [0.1, 0.15) is 5.75 Å². The average Bonchev–Trinajstić information content (AvgIpc) is 2.80.